The van der Waals surface area contributed by atoms with Crippen molar-refractivity contribution in [1.29, 1.82) is 0 Å². The van der Waals surface area contributed by atoms with E-state index in [2.05, 4.69) is 0 Å². The predicted octanol–water partition coefficient (Wildman–Crippen LogP) is 1.59. The van der Waals surface area contributed by atoms with E-state index in [0.717, 1.165) is 11.1 Å². The van der Waals surface area contributed by atoms with Gasteiger partial charge >= 0.3 is 5.97 Å². The summed E-state index contributed by atoms with van der Waals surface area (Å²) in [6.45, 7) is 2.08. The number of hydrogen-bond donors (Lipinski definition) is 2. The summed E-state index contributed by atoms with van der Waals surface area (Å²) in [5.74, 6) is 0.0387. The maximum absolute atomic E-state index is 10.8. The third-order valence-electron chi connectivity index (χ3n) is 2.91. The summed E-state index contributed by atoms with van der Waals surface area (Å²) >= 11 is 6.23. The zero-order valence-corrected chi connectivity index (χ0v) is 10.7. The van der Waals surface area contributed by atoms with Gasteiger partial charge in [0, 0.05) is 0 Å². The average Bonchev–Trinajstić information content (AvgIpc) is 2.77. The van der Waals surface area contributed by atoms with Gasteiger partial charge in [0.2, 0.25) is 6.79 Å². The number of aliphatic carboxylic acids is 1. The Kier molecular flexibility index (Phi) is 3.63. The van der Waals surface area contributed by atoms with Crippen LogP contribution in [0.15, 0.2) is 6.07 Å². The fourth-order valence-corrected chi connectivity index (χ4v) is 2.38. The summed E-state index contributed by atoms with van der Waals surface area (Å²) in [5.41, 5.74) is 7.20. The lowest BCUT2D eigenvalue weighted by atomic mass is 9.98. The molecule has 1 atom stereocenters. The van der Waals surface area contributed by atoms with Gasteiger partial charge in [-0.2, -0.15) is 0 Å². The smallest absolute Gasteiger partial charge is 0.320 e. The van der Waals surface area contributed by atoms with Gasteiger partial charge in [0.25, 0.3) is 0 Å². The first-order chi connectivity index (χ1) is 8.54. The monoisotopic (exact) mass is 271 g/mol. The molecule has 2 rings (SSSR count). The zero-order chi connectivity index (χ0) is 13.3. The lowest BCUT2D eigenvalue weighted by Crippen LogP contribution is -2.32. The van der Waals surface area contributed by atoms with Crippen LogP contribution in [0.2, 0.25) is 5.02 Å². The van der Waals surface area contributed by atoms with E-state index in [9.17, 15) is 4.79 Å². The van der Waals surface area contributed by atoms with Gasteiger partial charge in [-0.1, -0.05) is 18.5 Å². The second-order valence-corrected chi connectivity index (χ2v) is 4.44. The van der Waals surface area contributed by atoms with E-state index in [-0.39, 0.29) is 13.2 Å². The topological polar surface area (TPSA) is 81.8 Å². The second kappa shape index (κ2) is 5.04. The normalized spacial score (nSPS) is 14.6. The highest BCUT2D eigenvalue weighted by Gasteiger charge is 2.24. The van der Waals surface area contributed by atoms with Gasteiger partial charge in [0.05, 0.1) is 5.02 Å². The van der Waals surface area contributed by atoms with Crippen molar-refractivity contribution in [3.8, 4) is 11.5 Å². The summed E-state index contributed by atoms with van der Waals surface area (Å²) in [4.78, 5) is 10.8. The molecule has 0 bridgehead atoms. The molecule has 3 N–H and O–H groups in total. The van der Waals surface area contributed by atoms with E-state index in [1.165, 1.54) is 0 Å². The van der Waals surface area contributed by atoms with Gasteiger partial charge in [0.1, 0.15) is 6.04 Å². The predicted molar refractivity (Wildman–Crippen MR) is 66.3 cm³/mol. The molecule has 6 heteroatoms. The SMILES string of the molecule is CCc1c(CC(N)C(=O)O)cc2c(c1Cl)OCO2. The highest BCUT2D eigenvalue weighted by molar-refractivity contribution is 6.33. The maximum Gasteiger partial charge on any atom is 0.320 e. The van der Waals surface area contributed by atoms with Gasteiger partial charge in [-0.25, -0.2) is 0 Å². The molecule has 1 aromatic rings. The Labute approximate surface area is 109 Å². The summed E-state index contributed by atoms with van der Waals surface area (Å²) < 4.78 is 10.5. The molecule has 0 aromatic heterocycles. The number of hydrogen-bond acceptors (Lipinski definition) is 4. The molecule has 98 valence electrons. The van der Waals surface area contributed by atoms with E-state index < -0.39 is 12.0 Å². The minimum Gasteiger partial charge on any atom is -0.480 e. The van der Waals surface area contributed by atoms with Crippen LogP contribution in [0.25, 0.3) is 0 Å². The van der Waals surface area contributed by atoms with Gasteiger partial charge in [-0.05, 0) is 30.0 Å². The van der Waals surface area contributed by atoms with E-state index in [1.807, 2.05) is 6.92 Å². The zero-order valence-electron chi connectivity index (χ0n) is 9.90. The number of nitrogens with two attached hydrogens (primary N) is 1. The molecule has 1 aromatic carbocycles. The Morgan fingerprint density at radius 3 is 2.94 bits per heavy atom. The molecule has 1 heterocycles. The molecule has 0 spiro atoms. The van der Waals surface area contributed by atoms with Crippen molar-refractivity contribution in [1.82, 2.24) is 0 Å². The molecule has 1 aliphatic heterocycles. The van der Waals surface area contributed by atoms with Crippen LogP contribution in [0, 0.1) is 0 Å². The van der Waals surface area contributed by atoms with E-state index in [1.54, 1.807) is 6.07 Å². The van der Waals surface area contributed by atoms with Gasteiger partial charge in [-0.15, -0.1) is 0 Å². The molecule has 0 amide bonds. The first-order valence-corrected chi connectivity index (χ1v) is 6.00. The largest absolute Gasteiger partial charge is 0.480 e. The fraction of sp³-hybridized carbons (Fsp3) is 0.417. The van der Waals surface area contributed by atoms with Gasteiger partial charge < -0.3 is 20.3 Å². The summed E-state index contributed by atoms with van der Waals surface area (Å²) in [5, 5.41) is 9.34. The van der Waals surface area contributed by atoms with E-state index in [4.69, 9.17) is 31.9 Å². The Hall–Kier alpha value is -1.46. The lowest BCUT2D eigenvalue weighted by Gasteiger charge is -2.14. The summed E-state index contributed by atoms with van der Waals surface area (Å²) in [7, 11) is 0. The van der Waals surface area contributed by atoms with Crippen molar-refractivity contribution in [2.75, 3.05) is 6.79 Å². The Morgan fingerprint density at radius 2 is 2.33 bits per heavy atom. The van der Waals surface area contributed by atoms with Crippen LogP contribution in [0.4, 0.5) is 0 Å². The van der Waals surface area contributed by atoms with E-state index >= 15 is 0 Å². The van der Waals surface area contributed by atoms with Crippen LogP contribution in [0.5, 0.6) is 11.5 Å². The highest BCUT2D eigenvalue weighted by atomic mass is 35.5. The van der Waals surface area contributed by atoms with Crippen molar-refractivity contribution in [3.63, 3.8) is 0 Å². The van der Waals surface area contributed by atoms with Crippen LogP contribution in [-0.4, -0.2) is 23.9 Å². The van der Waals surface area contributed by atoms with Crippen LogP contribution >= 0.6 is 11.6 Å². The molecule has 0 radical (unpaired) electrons. The Bertz CT molecular complexity index is 489. The second-order valence-electron chi connectivity index (χ2n) is 4.06. The Morgan fingerprint density at radius 1 is 1.61 bits per heavy atom. The van der Waals surface area contributed by atoms with E-state index in [0.29, 0.717) is 22.9 Å². The first-order valence-electron chi connectivity index (χ1n) is 5.62. The molecule has 1 unspecified atom stereocenters. The Balaban J connectivity index is 2.40. The van der Waals surface area contributed by atoms with Crippen molar-refractivity contribution in [3.05, 3.63) is 22.2 Å². The molecule has 0 saturated heterocycles. The molecule has 0 fully saturated rings. The van der Waals surface area contributed by atoms with Gasteiger partial charge in [0.15, 0.2) is 11.5 Å². The van der Waals surface area contributed by atoms with Crippen molar-refractivity contribution < 1.29 is 19.4 Å². The number of fused-ring (bicyclic) bond motifs is 1. The minimum absolute atomic E-state index is 0.132. The first kappa shape index (κ1) is 13.0. The number of rotatable bonds is 4. The number of carbonyl (C=O) groups is 1. The number of halogens is 1. The molecular weight excluding hydrogens is 258 g/mol. The number of ether oxygens (including phenoxy) is 2. The van der Waals surface area contributed by atoms with Gasteiger partial charge in [-0.3, -0.25) is 4.79 Å². The third kappa shape index (κ3) is 2.23. The van der Waals surface area contributed by atoms with Crippen molar-refractivity contribution in [2.45, 2.75) is 25.8 Å². The molecular formula is C12H14ClNO4. The van der Waals surface area contributed by atoms with Crippen molar-refractivity contribution >= 4 is 17.6 Å². The average molecular weight is 272 g/mol. The van der Waals surface area contributed by atoms with Crippen LogP contribution in [0.1, 0.15) is 18.1 Å². The maximum atomic E-state index is 10.8. The third-order valence-corrected chi connectivity index (χ3v) is 3.31. The standard InChI is InChI=1S/C12H14ClNO4/c1-2-7-6(3-8(14)12(15)16)4-9-11(10(7)13)18-5-17-9/h4,8H,2-3,5,14H2,1H3,(H,15,16). The highest BCUT2D eigenvalue weighted by Crippen LogP contribution is 2.43. The summed E-state index contributed by atoms with van der Waals surface area (Å²) in [6, 6.07) is 0.808. The van der Waals surface area contributed by atoms with Crippen LogP contribution in [-0.2, 0) is 17.6 Å². The molecule has 18 heavy (non-hydrogen) atoms. The lowest BCUT2D eigenvalue weighted by molar-refractivity contribution is -0.138. The minimum atomic E-state index is -1.04. The van der Waals surface area contributed by atoms with Crippen LogP contribution in [0.3, 0.4) is 0 Å². The van der Waals surface area contributed by atoms with Crippen molar-refractivity contribution in [2.24, 2.45) is 5.73 Å². The molecule has 1 aliphatic rings. The molecule has 0 aliphatic carbocycles. The summed E-state index contributed by atoms with van der Waals surface area (Å²) in [6.07, 6.45) is 0.895. The number of benzene rings is 1. The number of carboxylic acid groups (broad SMARTS) is 1. The number of carboxylic acids is 1. The quantitative estimate of drug-likeness (QED) is 0.869. The fourth-order valence-electron chi connectivity index (χ4n) is 1.98. The van der Waals surface area contributed by atoms with Crippen LogP contribution < -0.4 is 15.2 Å². The molecule has 0 saturated carbocycles. The molecule has 5 nitrogen and oxygen atoms in total.